The molecule has 0 unspecified atom stereocenters. The second-order valence-electron chi connectivity index (χ2n) is 3.27. The lowest BCUT2D eigenvalue weighted by atomic mass is 10.1. The maximum atomic E-state index is 5.92. The SMILES string of the molecule is C=c1cccc/c1=C(/N)C(C)C. The lowest BCUT2D eigenvalue weighted by molar-refractivity contribution is 0.832. The Balaban J connectivity index is 3.45. The van der Waals surface area contributed by atoms with Gasteiger partial charge in [0.2, 0.25) is 0 Å². The zero-order chi connectivity index (χ0) is 9.14. The summed E-state index contributed by atoms with van der Waals surface area (Å²) in [5.41, 5.74) is 6.83. The van der Waals surface area contributed by atoms with Crippen LogP contribution in [0.3, 0.4) is 0 Å². The van der Waals surface area contributed by atoms with Crippen LogP contribution in [0.15, 0.2) is 24.3 Å². The Hall–Kier alpha value is -1.24. The highest BCUT2D eigenvalue weighted by atomic mass is 14.6. The van der Waals surface area contributed by atoms with Crippen molar-refractivity contribution in [3.63, 3.8) is 0 Å². The summed E-state index contributed by atoms with van der Waals surface area (Å²) in [7, 11) is 0. The molecular formula is C11H15N. The lowest BCUT2D eigenvalue weighted by Crippen LogP contribution is -2.29. The Bertz CT molecular complexity index is 363. The van der Waals surface area contributed by atoms with E-state index in [-0.39, 0.29) is 0 Å². The van der Waals surface area contributed by atoms with E-state index in [1.54, 1.807) is 0 Å². The minimum atomic E-state index is 0.382. The Morgan fingerprint density at radius 2 is 1.92 bits per heavy atom. The Morgan fingerprint density at radius 3 is 2.42 bits per heavy atom. The van der Waals surface area contributed by atoms with Crippen LogP contribution in [0.1, 0.15) is 13.8 Å². The van der Waals surface area contributed by atoms with Crippen molar-refractivity contribution in [2.75, 3.05) is 0 Å². The average molecular weight is 161 g/mol. The third kappa shape index (κ3) is 1.67. The van der Waals surface area contributed by atoms with Crippen LogP contribution >= 0.6 is 0 Å². The van der Waals surface area contributed by atoms with Crippen molar-refractivity contribution in [2.24, 2.45) is 11.7 Å². The van der Waals surface area contributed by atoms with E-state index in [0.29, 0.717) is 5.92 Å². The van der Waals surface area contributed by atoms with E-state index in [9.17, 15) is 0 Å². The van der Waals surface area contributed by atoms with Gasteiger partial charge in [-0.3, -0.25) is 0 Å². The molecule has 0 atom stereocenters. The third-order valence-corrected chi connectivity index (χ3v) is 1.95. The van der Waals surface area contributed by atoms with E-state index in [1.165, 1.54) is 0 Å². The minimum Gasteiger partial charge on any atom is -0.401 e. The van der Waals surface area contributed by atoms with Crippen LogP contribution in [0.25, 0.3) is 12.3 Å². The highest BCUT2D eigenvalue weighted by molar-refractivity contribution is 5.42. The van der Waals surface area contributed by atoms with Crippen LogP contribution in [0.5, 0.6) is 0 Å². The first-order chi connectivity index (χ1) is 5.63. The van der Waals surface area contributed by atoms with Crippen molar-refractivity contribution in [1.29, 1.82) is 0 Å². The van der Waals surface area contributed by atoms with Crippen LogP contribution in [0, 0.1) is 5.92 Å². The molecule has 2 N–H and O–H groups in total. The molecule has 0 heterocycles. The van der Waals surface area contributed by atoms with Crippen LogP contribution in [-0.2, 0) is 0 Å². The molecule has 1 aromatic rings. The Kier molecular flexibility index (Phi) is 2.54. The monoisotopic (exact) mass is 161 g/mol. The number of benzene rings is 1. The van der Waals surface area contributed by atoms with Crippen molar-refractivity contribution < 1.29 is 0 Å². The maximum Gasteiger partial charge on any atom is 0.0186 e. The van der Waals surface area contributed by atoms with Crippen LogP contribution in [0.2, 0.25) is 0 Å². The van der Waals surface area contributed by atoms with Gasteiger partial charge >= 0.3 is 0 Å². The molecule has 0 radical (unpaired) electrons. The van der Waals surface area contributed by atoms with Crippen LogP contribution < -0.4 is 16.2 Å². The zero-order valence-electron chi connectivity index (χ0n) is 7.67. The molecule has 0 saturated heterocycles. The van der Waals surface area contributed by atoms with E-state index in [0.717, 1.165) is 16.1 Å². The van der Waals surface area contributed by atoms with E-state index >= 15 is 0 Å². The summed E-state index contributed by atoms with van der Waals surface area (Å²) in [6.07, 6.45) is 0. The van der Waals surface area contributed by atoms with Gasteiger partial charge in [-0.1, -0.05) is 44.7 Å². The molecular weight excluding hydrogens is 146 g/mol. The summed E-state index contributed by atoms with van der Waals surface area (Å²) in [5, 5.41) is 2.08. The second-order valence-corrected chi connectivity index (χ2v) is 3.27. The third-order valence-electron chi connectivity index (χ3n) is 1.95. The first-order valence-electron chi connectivity index (χ1n) is 4.16. The van der Waals surface area contributed by atoms with Crippen LogP contribution in [-0.4, -0.2) is 0 Å². The summed E-state index contributed by atoms with van der Waals surface area (Å²) < 4.78 is 0. The second kappa shape index (κ2) is 3.44. The smallest absolute Gasteiger partial charge is 0.0186 e. The molecule has 1 nitrogen and oxygen atoms in total. The fourth-order valence-corrected chi connectivity index (χ4v) is 1.11. The van der Waals surface area contributed by atoms with E-state index in [4.69, 9.17) is 5.73 Å². The van der Waals surface area contributed by atoms with Gasteiger partial charge in [0.15, 0.2) is 0 Å². The molecule has 64 valence electrons. The number of nitrogens with two attached hydrogens (primary N) is 1. The molecule has 1 aromatic carbocycles. The first kappa shape index (κ1) is 8.85. The largest absolute Gasteiger partial charge is 0.401 e. The molecule has 0 aromatic heterocycles. The molecule has 0 spiro atoms. The number of hydrogen-bond acceptors (Lipinski definition) is 1. The van der Waals surface area contributed by atoms with Gasteiger partial charge < -0.3 is 5.73 Å². The molecule has 0 saturated carbocycles. The highest BCUT2D eigenvalue weighted by Crippen LogP contribution is 1.99. The normalized spacial score (nSPS) is 13.2. The van der Waals surface area contributed by atoms with Gasteiger partial charge in [0.05, 0.1) is 0 Å². The van der Waals surface area contributed by atoms with Gasteiger partial charge in [-0.05, 0) is 11.1 Å². The molecule has 0 aliphatic carbocycles. The molecule has 0 aliphatic rings. The summed E-state index contributed by atoms with van der Waals surface area (Å²) in [5.74, 6) is 0.382. The molecule has 1 rings (SSSR count). The lowest BCUT2D eigenvalue weighted by Gasteiger charge is -2.04. The maximum absolute atomic E-state index is 5.92. The number of hydrogen-bond donors (Lipinski definition) is 1. The fraction of sp³-hybridized carbons (Fsp3) is 0.273. The predicted molar refractivity (Wildman–Crippen MR) is 53.6 cm³/mol. The topological polar surface area (TPSA) is 26.0 Å². The summed E-state index contributed by atoms with van der Waals surface area (Å²) in [6.45, 7) is 8.09. The Labute approximate surface area is 73.2 Å². The van der Waals surface area contributed by atoms with Gasteiger partial charge in [0.25, 0.3) is 0 Å². The fourth-order valence-electron chi connectivity index (χ4n) is 1.11. The zero-order valence-corrected chi connectivity index (χ0v) is 7.67. The molecule has 0 aliphatic heterocycles. The van der Waals surface area contributed by atoms with Gasteiger partial charge in [-0.15, -0.1) is 0 Å². The minimum absolute atomic E-state index is 0.382. The molecule has 12 heavy (non-hydrogen) atoms. The molecule has 0 amide bonds. The highest BCUT2D eigenvalue weighted by Gasteiger charge is 1.97. The van der Waals surface area contributed by atoms with Crippen molar-refractivity contribution in [3.05, 3.63) is 34.7 Å². The molecule has 0 fully saturated rings. The van der Waals surface area contributed by atoms with Crippen molar-refractivity contribution in [2.45, 2.75) is 13.8 Å². The van der Waals surface area contributed by atoms with Gasteiger partial charge in [-0.25, -0.2) is 0 Å². The van der Waals surface area contributed by atoms with Gasteiger partial charge in [0.1, 0.15) is 0 Å². The van der Waals surface area contributed by atoms with Crippen molar-refractivity contribution in [3.8, 4) is 0 Å². The first-order valence-corrected chi connectivity index (χ1v) is 4.16. The van der Waals surface area contributed by atoms with E-state index in [1.807, 2.05) is 24.3 Å². The van der Waals surface area contributed by atoms with Crippen molar-refractivity contribution >= 4 is 12.3 Å². The van der Waals surface area contributed by atoms with Crippen LogP contribution in [0.4, 0.5) is 0 Å². The number of rotatable bonds is 1. The van der Waals surface area contributed by atoms with E-state index < -0.39 is 0 Å². The summed E-state index contributed by atoms with van der Waals surface area (Å²) in [4.78, 5) is 0. The van der Waals surface area contributed by atoms with Gasteiger partial charge in [0, 0.05) is 10.9 Å². The van der Waals surface area contributed by atoms with E-state index in [2.05, 4.69) is 20.4 Å². The van der Waals surface area contributed by atoms with Crippen molar-refractivity contribution in [1.82, 2.24) is 0 Å². The standard InChI is InChI=1S/C11H15N/c1-8(2)11(12)10-7-5-4-6-9(10)3/h4-8H,3,12H2,1-2H3/b11-10-. The summed E-state index contributed by atoms with van der Waals surface area (Å²) in [6, 6.07) is 7.95. The Morgan fingerprint density at radius 1 is 1.33 bits per heavy atom. The molecule has 1 heteroatoms. The summed E-state index contributed by atoms with van der Waals surface area (Å²) >= 11 is 0. The quantitative estimate of drug-likeness (QED) is 0.648. The predicted octanol–water partition coefficient (Wildman–Crippen LogP) is 0.820. The average Bonchev–Trinajstić information content (AvgIpc) is 2.04. The molecule has 0 bridgehead atoms. The van der Waals surface area contributed by atoms with Gasteiger partial charge in [-0.2, -0.15) is 0 Å².